The molecule has 0 saturated heterocycles. The topological polar surface area (TPSA) is 64.2 Å². The van der Waals surface area contributed by atoms with Gasteiger partial charge in [-0.25, -0.2) is 4.79 Å². The number of oxazole rings is 1. The Hall–Kier alpha value is -2.83. The fourth-order valence-corrected chi connectivity index (χ4v) is 3.84. The second kappa shape index (κ2) is 7.42. The minimum Gasteiger partial charge on any atom is -0.408 e. The molecular formula is C20H15ClN2O3S. The summed E-state index contributed by atoms with van der Waals surface area (Å²) >= 11 is 7.53. The summed E-state index contributed by atoms with van der Waals surface area (Å²) in [6, 6.07) is 16.6. The zero-order valence-corrected chi connectivity index (χ0v) is 15.7. The number of carbonyl (C=O) groups excluding carboxylic acids is 1. The van der Waals surface area contributed by atoms with Gasteiger partial charge in [0.1, 0.15) is 0 Å². The highest BCUT2D eigenvalue weighted by Gasteiger charge is 2.13. The fraction of sp³-hybridized carbons (Fsp3) is 0.100. The zero-order valence-electron chi connectivity index (χ0n) is 14.1. The van der Waals surface area contributed by atoms with Gasteiger partial charge in [0.15, 0.2) is 5.58 Å². The number of aryl methyl sites for hydroxylation is 1. The lowest BCUT2D eigenvalue weighted by Gasteiger charge is -2.10. The Morgan fingerprint density at radius 2 is 2.00 bits per heavy atom. The average molecular weight is 399 g/mol. The first-order chi connectivity index (χ1) is 13.1. The normalized spacial score (nSPS) is 11.0. The molecule has 1 N–H and O–H groups in total. The number of para-hydroxylation sites is 1. The highest BCUT2D eigenvalue weighted by Crippen LogP contribution is 2.31. The number of rotatable bonds is 5. The predicted octanol–water partition coefficient (Wildman–Crippen LogP) is 5.01. The van der Waals surface area contributed by atoms with Crippen molar-refractivity contribution in [3.8, 4) is 10.4 Å². The molecule has 0 unspecified atom stereocenters. The number of benzene rings is 2. The van der Waals surface area contributed by atoms with Crippen LogP contribution in [0.15, 0.2) is 69.2 Å². The molecule has 0 spiro atoms. The fourth-order valence-electron chi connectivity index (χ4n) is 2.92. The smallest absolute Gasteiger partial charge is 0.408 e. The van der Waals surface area contributed by atoms with Crippen molar-refractivity contribution in [2.45, 2.75) is 13.0 Å². The SMILES string of the molecule is O=C(CCn1c(=O)oc2cc(Cl)ccc21)Nc1ccccc1-c1cccs1. The average Bonchev–Trinajstić information content (AvgIpc) is 3.28. The lowest BCUT2D eigenvalue weighted by molar-refractivity contribution is -0.116. The van der Waals surface area contributed by atoms with Crippen molar-refractivity contribution < 1.29 is 9.21 Å². The first-order valence-corrected chi connectivity index (χ1v) is 9.59. The maximum Gasteiger partial charge on any atom is 0.419 e. The third kappa shape index (κ3) is 3.67. The molecule has 0 saturated carbocycles. The van der Waals surface area contributed by atoms with Crippen LogP contribution in [0.3, 0.4) is 0 Å². The number of halogens is 1. The Balaban J connectivity index is 1.50. The summed E-state index contributed by atoms with van der Waals surface area (Å²) < 4.78 is 6.63. The molecule has 27 heavy (non-hydrogen) atoms. The number of fused-ring (bicyclic) bond motifs is 1. The van der Waals surface area contributed by atoms with Crippen molar-refractivity contribution in [1.29, 1.82) is 0 Å². The number of aromatic nitrogens is 1. The van der Waals surface area contributed by atoms with Crippen LogP contribution in [0.2, 0.25) is 5.02 Å². The minimum absolute atomic E-state index is 0.149. The second-order valence-electron chi connectivity index (χ2n) is 5.95. The van der Waals surface area contributed by atoms with Crippen LogP contribution in [0.25, 0.3) is 21.5 Å². The molecular weight excluding hydrogens is 384 g/mol. The lowest BCUT2D eigenvalue weighted by Crippen LogP contribution is -2.20. The first kappa shape index (κ1) is 17.6. The van der Waals surface area contributed by atoms with E-state index >= 15 is 0 Å². The third-order valence-electron chi connectivity index (χ3n) is 4.18. The zero-order chi connectivity index (χ0) is 18.8. The van der Waals surface area contributed by atoms with Crippen LogP contribution < -0.4 is 11.1 Å². The molecule has 4 rings (SSSR count). The van der Waals surface area contributed by atoms with E-state index in [0.717, 1.165) is 16.1 Å². The molecule has 2 aromatic carbocycles. The van der Waals surface area contributed by atoms with E-state index in [1.54, 1.807) is 29.5 Å². The molecule has 0 radical (unpaired) electrons. The van der Waals surface area contributed by atoms with E-state index in [1.807, 2.05) is 41.8 Å². The van der Waals surface area contributed by atoms with Gasteiger partial charge in [-0.3, -0.25) is 9.36 Å². The standard InChI is InChI=1S/C20H15ClN2O3S/c21-13-7-8-16-17(12-13)26-20(25)23(16)10-9-19(24)22-15-5-2-1-4-14(15)18-6-3-11-27-18/h1-8,11-12H,9-10H2,(H,22,24). The van der Waals surface area contributed by atoms with E-state index < -0.39 is 5.76 Å². The van der Waals surface area contributed by atoms with Gasteiger partial charge < -0.3 is 9.73 Å². The van der Waals surface area contributed by atoms with Gasteiger partial charge in [-0.05, 0) is 29.6 Å². The van der Waals surface area contributed by atoms with Gasteiger partial charge in [0.25, 0.3) is 0 Å². The van der Waals surface area contributed by atoms with Gasteiger partial charge in [-0.2, -0.15) is 0 Å². The van der Waals surface area contributed by atoms with E-state index in [2.05, 4.69) is 5.32 Å². The first-order valence-electron chi connectivity index (χ1n) is 8.33. The molecule has 0 aliphatic rings. The molecule has 0 atom stereocenters. The molecule has 136 valence electrons. The number of nitrogens with one attached hydrogen (secondary N) is 1. The Morgan fingerprint density at radius 3 is 2.81 bits per heavy atom. The lowest BCUT2D eigenvalue weighted by atomic mass is 10.1. The van der Waals surface area contributed by atoms with Gasteiger partial charge in [-0.15, -0.1) is 11.3 Å². The van der Waals surface area contributed by atoms with Gasteiger partial charge in [0.2, 0.25) is 5.91 Å². The summed E-state index contributed by atoms with van der Waals surface area (Å²) in [4.78, 5) is 25.6. The maximum atomic E-state index is 12.5. The van der Waals surface area contributed by atoms with Crippen molar-refractivity contribution in [3.63, 3.8) is 0 Å². The molecule has 2 aromatic heterocycles. The molecule has 7 heteroatoms. The predicted molar refractivity (Wildman–Crippen MR) is 108 cm³/mol. The van der Waals surface area contributed by atoms with Crippen molar-refractivity contribution in [2.75, 3.05) is 5.32 Å². The Bertz CT molecular complexity index is 1160. The van der Waals surface area contributed by atoms with Crippen molar-refractivity contribution in [2.24, 2.45) is 0 Å². The van der Waals surface area contributed by atoms with Crippen LogP contribution in [0.1, 0.15) is 6.42 Å². The summed E-state index contributed by atoms with van der Waals surface area (Å²) in [5, 5.41) is 5.43. The summed E-state index contributed by atoms with van der Waals surface area (Å²) in [7, 11) is 0. The van der Waals surface area contributed by atoms with Gasteiger partial charge in [-0.1, -0.05) is 35.9 Å². The number of carbonyl (C=O) groups is 1. The number of hydrogen-bond donors (Lipinski definition) is 1. The van der Waals surface area contributed by atoms with Gasteiger partial charge >= 0.3 is 5.76 Å². The number of amides is 1. The van der Waals surface area contributed by atoms with Crippen LogP contribution in [0.5, 0.6) is 0 Å². The van der Waals surface area contributed by atoms with Crippen LogP contribution in [-0.4, -0.2) is 10.5 Å². The Labute approximate surface area is 163 Å². The maximum absolute atomic E-state index is 12.5. The molecule has 0 aliphatic carbocycles. The van der Waals surface area contributed by atoms with E-state index in [-0.39, 0.29) is 18.9 Å². The third-order valence-corrected chi connectivity index (χ3v) is 5.32. The molecule has 4 aromatic rings. The van der Waals surface area contributed by atoms with Gasteiger partial charge in [0, 0.05) is 40.2 Å². The monoisotopic (exact) mass is 398 g/mol. The van der Waals surface area contributed by atoms with Crippen molar-refractivity contribution >= 4 is 45.6 Å². The van der Waals surface area contributed by atoms with Crippen molar-refractivity contribution in [1.82, 2.24) is 4.57 Å². The van der Waals surface area contributed by atoms with Gasteiger partial charge in [0.05, 0.1) is 5.52 Å². The van der Waals surface area contributed by atoms with E-state index in [0.29, 0.717) is 16.1 Å². The highest BCUT2D eigenvalue weighted by atomic mass is 35.5. The molecule has 0 fully saturated rings. The Morgan fingerprint density at radius 1 is 1.15 bits per heavy atom. The highest BCUT2D eigenvalue weighted by molar-refractivity contribution is 7.13. The van der Waals surface area contributed by atoms with E-state index in [9.17, 15) is 9.59 Å². The molecule has 1 amide bonds. The van der Waals surface area contributed by atoms with Crippen LogP contribution >= 0.6 is 22.9 Å². The van der Waals surface area contributed by atoms with Crippen LogP contribution in [-0.2, 0) is 11.3 Å². The molecule has 5 nitrogen and oxygen atoms in total. The molecule has 0 bridgehead atoms. The summed E-state index contributed by atoms with van der Waals surface area (Å²) in [5.74, 6) is -0.673. The second-order valence-corrected chi connectivity index (χ2v) is 7.34. The Kier molecular flexibility index (Phi) is 4.83. The number of nitrogens with zero attached hydrogens (tertiary/aromatic N) is 1. The quantitative estimate of drug-likeness (QED) is 0.514. The van der Waals surface area contributed by atoms with E-state index in [1.165, 1.54) is 4.57 Å². The largest absolute Gasteiger partial charge is 0.419 e. The molecule has 2 heterocycles. The van der Waals surface area contributed by atoms with E-state index in [4.69, 9.17) is 16.0 Å². The number of hydrogen-bond acceptors (Lipinski definition) is 4. The van der Waals surface area contributed by atoms with Crippen LogP contribution in [0, 0.1) is 0 Å². The van der Waals surface area contributed by atoms with Crippen molar-refractivity contribution in [3.05, 3.63) is 75.6 Å². The molecule has 0 aliphatic heterocycles. The summed E-state index contributed by atoms with van der Waals surface area (Å²) in [6.45, 7) is 0.223. The number of thiophene rings is 1. The summed E-state index contributed by atoms with van der Waals surface area (Å²) in [6.07, 6.45) is 0.149. The van der Waals surface area contributed by atoms with Crippen LogP contribution in [0.4, 0.5) is 5.69 Å². The number of anilines is 1. The minimum atomic E-state index is -0.501. The summed E-state index contributed by atoms with van der Waals surface area (Å²) in [5.41, 5.74) is 2.76.